The highest BCUT2D eigenvalue weighted by Crippen LogP contribution is 2.28. The molecule has 7 nitrogen and oxygen atoms in total. The lowest BCUT2D eigenvalue weighted by atomic mass is 10.3. The fourth-order valence-corrected chi connectivity index (χ4v) is 1.81. The van der Waals surface area contributed by atoms with Crippen LogP contribution in [-0.4, -0.2) is 29.3 Å². The summed E-state index contributed by atoms with van der Waals surface area (Å²) in [7, 11) is 0. The molecule has 2 aromatic rings. The zero-order valence-electron chi connectivity index (χ0n) is 11.5. The Morgan fingerprint density at radius 2 is 2.18 bits per heavy atom. The fourth-order valence-electron chi connectivity index (χ4n) is 1.64. The Kier molecular flexibility index (Phi) is 5.76. The first-order valence-corrected chi connectivity index (χ1v) is 6.79. The number of ether oxygens (including phenoxy) is 2. The van der Waals surface area contributed by atoms with Crippen molar-refractivity contribution in [3.8, 4) is 5.75 Å². The number of rotatable bonds is 8. The van der Waals surface area contributed by atoms with Crippen LogP contribution in [0.3, 0.4) is 0 Å². The first-order valence-electron chi connectivity index (χ1n) is 6.41. The summed E-state index contributed by atoms with van der Waals surface area (Å²) in [5.74, 6) is 0.788. The largest absolute Gasteiger partial charge is 0.489 e. The number of benzene rings is 1. The van der Waals surface area contributed by atoms with E-state index in [4.69, 9.17) is 25.5 Å². The molecule has 0 aliphatic carbocycles. The lowest BCUT2D eigenvalue weighted by Crippen LogP contribution is -2.23. The topological polar surface area (TPSA) is 95.0 Å². The third-order valence-corrected chi connectivity index (χ3v) is 3.00. The summed E-state index contributed by atoms with van der Waals surface area (Å²) in [5, 5.41) is 20.7. The van der Waals surface area contributed by atoms with Gasteiger partial charge in [0.15, 0.2) is 0 Å². The molecule has 0 spiro atoms. The molecule has 0 aliphatic heterocycles. The quantitative estimate of drug-likeness (QED) is 0.591. The highest BCUT2D eigenvalue weighted by molar-refractivity contribution is 6.32. The third kappa shape index (κ3) is 4.73. The minimum atomic E-state index is -0.898. The van der Waals surface area contributed by atoms with E-state index in [9.17, 15) is 15.2 Å². The first-order chi connectivity index (χ1) is 10.6. The van der Waals surface area contributed by atoms with Gasteiger partial charge < -0.3 is 19.0 Å². The maximum absolute atomic E-state index is 10.7. The second-order valence-electron chi connectivity index (χ2n) is 4.43. The zero-order chi connectivity index (χ0) is 15.9. The normalized spacial score (nSPS) is 12.1. The van der Waals surface area contributed by atoms with Gasteiger partial charge in [-0.05, 0) is 18.2 Å². The minimum absolute atomic E-state index is 0.0350. The van der Waals surface area contributed by atoms with Gasteiger partial charge in [-0.25, -0.2) is 0 Å². The van der Waals surface area contributed by atoms with Crippen LogP contribution in [0.15, 0.2) is 41.0 Å². The van der Waals surface area contributed by atoms with E-state index in [0.29, 0.717) is 5.76 Å². The van der Waals surface area contributed by atoms with Crippen molar-refractivity contribution in [2.45, 2.75) is 12.7 Å². The highest BCUT2D eigenvalue weighted by Gasteiger charge is 2.13. The number of nitrogens with zero attached hydrogens (tertiary/aromatic N) is 1. The predicted molar refractivity (Wildman–Crippen MR) is 78.0 cm³/mol. The SMILES string of the molecule is O=[N+]([O-])c1ccc(Cl)c(OCC(O)COCc2ccco2)c1. The lowest BCUT2D eigenvalue weighted by molar-refractivity contribution is -0.384. The molecule has 22 heavy (non-hydrogen) atoms. The Hall–Kier alpha value is -2.09. The van der Waals surface area contributed by atoms with Gasteiger partial charge >= 0.3 is 0 Å². The Morgan fingerprint density at radius 3 is 2.86 bits per heavy atom. The van der Waals surface area contributed by atoms with Crippen LogP contribution in [0, 0.1) is 10.1 Å². The summed E-state index contributed by atoms with van der Waals surface area (Å²) < 4.78 is 15.6. The van der Waals surface area contributed by atoms with Crippen molar-refractivity contribution in [1.29, 1.82) is 0 Å². The Labute approximate surface area is 131 Å². The van der Waals surface area contributed by atoms with Crippen molar-refractivity contribution in [3.63, 3.8) is 0 Å². The van der Waals surface area contributed by atoms with E-state index in [1.54, 1.807) is 12.1 Å². The molecule has 1 atom stereocenters. The summed E-state index contributed by atoms with van der Waals surface area (Å²) in [5.41, 5.74) is -0.136. The molecule has 8 heteroatoms. The second-order valence-corrected chi connectivity index (χ2v) is 4.84. The molecule has 0 aliphatic rings. The number of hydrogen-bond donors (Lipinski definition) is 1. The molecule has 0 saturated heterocycles. The molecule has 118 valence electrons. The molecular formula is C14H14ClNO6. The maximum Gasteiger partial charge on any atom is 0.273 e. The number of non-ortho nitro benzene ring substituents is 1. The van der Waals surface area contributed by atoms with Crippen LogP contribution in [0.4, 0.5) is 5.69 Å². The molecule has 2 rings (SSSR count). The molecular weight excluding hydrogens is 314 g/mol. The highest BCUT2D eigenvalue weighted by atomic mass is 35.5. The van der Waals surface area contributed by atoms with Crippen molar-refractivity contribution in [3.05, 3.63) is 57.5 Å². The third-order valence-electron chi connectivity index (χ3n) is 2.69. The molecule has 0 saturated carbocycles. The van der Waals surface area contributed by atoms with Crippen molar-refractivity contribution in [1.82, 2.24) is 0 Å². The Bertz CT molecular complexity index is 616. The van der Waals surface area contributed by atoms with Gasteiger partial charge in [0, 0.05) is 6.07 Å². The van der Waals surface area contributed by atoms with E-state index in [1.165, 1.54) is 24.5 Å². The molecule has 1 N–H and O–H groups in total. The van der Waals surface area contributed by atoms with E-state index in [-0.39, 0.29) is 36.3 Å². The predicted octanol–water partition coefficient (Wildman–Crippen LogP) is 2.80. The van der Waals surface area contributed by atoms with Crippen LogP contribution in [0.25, 0.3) is 0 Å². The van der Waals surface area contributed by atoms with Gasteiger partial charge in [-0.3, -0.25) is 10.1 Å². The van der Waals surface area contributed by atoms with Crippen LogP contribution < -0.4 is 4.74 Å². The molecule has 1 aromatic heterocycles. The summed E-state index contributed by atoms with van der Waals surface area (Å²) in [6.07, 6.45) is 0.632. The van der Waals surface area contributed by atoms with Gasteiger partial charge in [0.2, 0.25) is 0 Å². The molecule has 0 bridgehead atoms. The van der Waals surface area contributed by atoms with Crippen LogP contribution in [0.5, 0.6) is 5.75 Å². The molecule has 0 fully saturated rings. The van der Waals surface area contributed by atoms with Gasteiger partial charge in [0.05, 0.1) is 28.9 Å². The second kappa shape index (κ2) is 7.79. The average Bonchev–Trinajstić information content (AvgIpc) is 2.99. The fraction of sp³-hybridized carbons (Fsp3) is 0.286. The summed E-state index contributed by atoms with van der Waals surface area (Å²) in [4.78, 5) is 10.1. The van der Waals surface area contributed by atoms with Gasteiger partial charge in [0.25, 0.3) is 5.69 Å². The van der Waals surface area contributed by atoms with E-state index in [2.05, 4.69) is 0 Å². The minimum Gasteiger partial charge on any atom is -0.489 e. The van der Waals surface area contributed by atoms with Crippen molar-refractivity contribution in [2.75, 3.05) is 13.2 Å². The monoisotopic (exact) mass is 327 g/mol. The number of halogens is 1. The lowest BCUT2D eigenvalue weighted by Gasteiger charge is -2.13. The number of furan rings is 1. The number of nitro benzene ring substituents is 1. The Balaban J connectivity index is 1.79. The molecule has 1 unspecified atom stereocenters. The molecule has 0 amide bonds. The number of aliphatic hydroxyl groups excluding tert-OH is 1. The summed E-state index contributed by atoms with van der Waals surface area (Å²) in [6, 6.07) is 7.35. The van der Waals surface area contributed by atoms with E-state index >= 15 is 0 Å². The van der Waals surface area contributed by atoms with Crippen LogP contribution >= 0.6 is 11.6 Å². The van der Waals surface area contributed by atoms with E-state index < -0.39 is 11.0 Å². The van der Waals surface area contributed by atoms with Crippen molar-refractivity contribution in [2.24, 2.45) is 0 Å². The standard InChI is InChI=1S/C14H14ClNO6/c15-13-4-3-10(16(18)19)6-14(13)22-8-11(17)7-20-9-12-2-1-5-21-12/h1-6,11,17H,7-9H2. The van der Waals surface area contributed by atoms with Crippen molar-refractivity contribution >= 4 is 17.3 Å². The number of aliphatic hydroxyl groups is 1. The van der Waals surface area contributed by atoms with Crippen molar-refractivity contribution < 1.29 is 23.9 Å². The van der Waals surface area contributed by atoms with Gasteiger partial charge in [0.1, 0.15) is 30.8 Å². The summed E-state index contributed by atoms with van der Waals surface area (Å²) in [6.45, 7) is 0.175. The Morgan fingerprint density at radius 1 is 1.36 bits per heavy atom. The zero-order valence-corrected chi connectivity index (χ0v) is 12.2. The van der Waals surface area contributed by atoms with E-state index in [0.717, 1.165) is 0 Å². The number of nitro groups is 1. The van der Waals surface area contributed by atoms with Crippen LogP contribution in [0.1, 0.15) is 5.76 Å². The first kappa shape index (κ1) is 16.3. The molecule has 1 aromatic carbocycles. The molecule has 0 radical (unpaired) electrons. The van der Waals surface area contributed by atoms with Gasteiger partial charge in [-0.2, -0.15) is 0 Å². The smallest absolute Gasteiger partial charge is 0.273 e. The maximum atomic E-state index is 10.7. The van der Waals surface area contributed by atoms with Gasteiger partial charge in [-0.15, -0.1) is 0 Å². The molecule has 1 heterocycles. The van der Waals surface area contributed by atoms with E-state index in [1.807, 2.05) is 0 Å². The average molecular weight is 328 g/mol. The van der Waals surface area contributed by atoms with Crippen LogP contribution in [0.2, 0.25) is 5.02 Å². The summed E-state index contributed by atoms with van der Waals surface area (Å²) >= 11 is 5.88. The van der Waals surface area contributed by atoms with Gasteiger partial charge in [-0.1, -0.05) is 11.6 Å². The number of hydrogen-bond acceptors (Lipinski definition) is 6. The van der Waals surface area contributed by atoms with Crippen LogP contribution in [-0.2, 0) is 11.3 Å².